The number of hydrogen-bond acceptors (Lipinski definition) is 3. The number of halogens is 3. The first-order chi connectivity index (χ1) is 8.30. The van der Waals surface area contributed by atoms with Crippen LogP contribution in [0.5, 0.6) is 0 Å². The van der Waals surface area contributed by atoms with Crippen molar-refractivity contribution < 1.29 is 18.0 Å². The number of carbonyl (C=O) groups is 1. The van der Waals surface area contributed by atoms with E-state index < -0.39 is 18.1 Å². The molecular formula is C11H20F3N3O. The van der Waals surface area contributed by atoms with E-state index >= 15 is 0 Å². The molecule has 2 atom stereocenters. The molecule has 1 aliphatic heterocycles. The molecule has 18 heavy (non-hydrogen) atoms. The zero-order valence-electron chi connectivity index (χ0n) is 10.7. The number of carbonyl (C=O) groups excluding carboxylic acids is 1. The van der Waals surface area contributed by atoms with E-state index in [1.54, 1.807) is 19.0 Å². The Morgan fingerprint density at radius 3 is 2.50 bits per heavy atom. The van der Waals surface area contributed by atoms with Gasteiger partial charge >= 0.3 is 6.18 Å². The van der Waals surface area contributed by atoms with E-state index in [1.807, 2.05) is 0 Å². The lowest BCUT2D eigenvalue weighted by molar-refractivity contribution is -0.183. The predicted molar refractivity (Wildman–Crippen MR) is 62.1 cm³/mol. The second-order valence-electron chi connectivity index (χ2n) is 4.89. The number of nitrogens with one attached hydrogen (secondary N) is 2. The molecule has 106 valence electrons. The summed E-state index contributed by atoms with van der Waals surface area (Å²) in [6.45, 7) is 0.943. The SMILES string of the molecule is CN(C)CC(=O)NC1CCNCCC1C(F)(F)F. The number of likely N-dealkylation sites (N-methyl/N-ethyl adjacent to an activating group) is 1. The number of hydrogen-bond donors (Lipinski definition) is 2. The molecule has 0 aromatic heterocycles. The molecule has 0 aliphatic carbocycles. The van der Waals surface area contributed by atoms with Gasteiger partial charge in [0.25, 0.3) is 0 Å². The molecule has 7 heteroatoms. The highest BCUT2D eigenvalue weighted by molar-refractivity contribution is 5.78. The van der Waals surface area contributed by atoms with Crippen LogP contribution in [0, 0.1) is 5.92 Å². The third-order valence-corrected chi connectivity index (χ3v) is 2.98. The van der Waals surface area contributed by atoms with Crippen LogP contribution in [0.2, 0.25) is 0 Å². The van der Waals surface area contributed by atoms with Gasteiger partial charge in [0.1, 0.15) is 0 Å². The maximum Gasteiger partial charge on any atom is 0.393 e. The maximum atomic E-state index is 12.9. The number of nitrogens with zero attached hydrogens (tertiary/aromatic N) is 1. The quantitative estimate of drug-likeness (QED) is 0.787. The van der Waals surface area contributed by atoms with Gasteiger partial charge in [-0.05, 0) is 40.0 Å². The van der Waals surface area contributed by atoms with Crippen molar-refractivity contribution in [3.05, 3.63) is 0 Å². The van der Waals surface area contributed by atoms with Gasteiger partial charge in [-0.15, -0.1) is 0 Å². The van der Waals surface area contributed by atoms with Crippen LogP contribution < -0.4 is 10.6 Å². The van der Waals surface area contributed by atoms with Crippen LogP contribution >= 0.6 is 0 Å². The van der Waals surface area contributed by atoms with Crippen LogP contribution in [0.25, 0.3) is 0 Å². The van der Waals surface area contributed by atoms with E-state index in [0.717, 1.165) is 0 Å². The highest BCUT2D eigenvalue weighted by Crippen LogP contribution is 2.33. The molecule has 1 heterocycles. The van der Waals surface area contributed by atoms with Crippen molar-refractivity contribution in [2.45, 2.75) is 25.1 Å². The molecule has 4 nitrogen and oxygen atoms in total. The number of amides is 1. The van der Waals surface area contributed by atoms with Crippen molar-refractivity contribution in [3.8, 4) is 0 Å². The Bertz CT molecular complexity index is 281. The molecule has 0 aromatic carbocycles. The van der Waals surface area contributed by atoms with Gasteiger partial charge in [-0.2, -0.15) is 13.2 Å². The van der Waals surface area contributed by atoms with Crippen LogP contribution in [-0.2, 0) is 4.79 Å². The lowest BCUT2D eigenvalue weighted by atomic mass is 9.94. The summed E-state index contributed by atoms with van der Waals surface area (Å²) in [6, 6.07) is -0.826. The second-order valence-corrected chi connectivity index (χ2v) is 4.89. The fourth-order valence-electron chi connectivity index (χ4n) is 2.15. The van der Waals surface area contributed by atoms with Crippen molar-refractivity contribution in [3.63, 3.8) is 0 Å². The van der Waals surface area contributed by atoms with Gasteiger partial charge < -0.3 is 15.5 Å². The van der Waals surface area contributed by atoms with Crippen molar-refractivity contribution in [2.75, 3.05) is 33.7 Å². The van der Waals surface area contributed by atoms with Gasteiger partial charge in [-0.25, -0.2) is 0 Å². The molecule has 0 radical (unpaired) electrons. The van der Waals surface area contributed by atoms with E-state index in [1.165, 1.54) is 0 Å². The Kier molecular flexibility index (Phi) is 5.40. The van der Waals surface area contributed by atoms with Gasteiger partial charge in [0.2, 0.25) is 5.91 Å². The summed E-state index contributed by atoms with van der Waals surface area (Å²) in [4.78, 5) is 13.2. The molecule has 0 saturated carbocycles. The van der Waals surface area contributed by atoms with Gasteiger partial charge in [-0.3, -0.25) is 4.79 Å². The zero-order chi connectivity index (χ0) is 13.8. The molecule has 1 fully saturated rings. The van der Waals surface area contributed by atoms with E-state index in [0.29, 0.717) is 19.5 Å². The van der Waals surface area contributed by atoms with Crippen molar-refractivity contribution in [2.24, 2.45) is 5.92 Å². The van der Waals surface area contributed by atoms with Gasteiger partial charge in [0, 0.05) is 6.04 Å². The lowest BCUT2D eigenvalue weighted by Gasteiger charge is -2.28. The minimum absolute atomic E-state index is 0.0103. The minimum atomic E-state index is -4.26. The van der Waals surface area contributed by atoms with Crippen molar-refractivity contribution >= 4 is 5.91 Å². The van der Waals surface area contributed by atoms with E-state index in [4.69, 9.17) is 0 Å². The standard InChI is InChI=1S/C11H20F3N3O/c1-17(2)7-10(18)16-9-4-6-15-5-3-8(9)11(12,13)14/h8-9,15H,3-7H2,1-2H3,(H,16,18). The van der Waals surface area contributed by atoms with Gasteiger partial charge in [-0.1, -0.05) is 0 Å². The molecule has 1 rings (SSSR count). The fourth-order valence-corrected chi connectivity index (χ4v) is 2.15. The highest BCUT2D eigenvalue weighted by Gasteiger charge is 2.45. The summed E-state index contributed by atoms with van der Waals surface area (Å²) in [5.74, 6) is -1.82. The molecule has 2 N–H and O–H groups in total. The smallest absolute Gasteiger partial charge is 0.352 e. The normalized spacial score (nSPS) is 25.9. The average molecular weight is 267 g/mol. The van der Waals surface area contributed by atoms with E-state index in [2.05, 4.69) is 10.6 Å². The molecular weight excluding hydrogens is 247 g/mol. The van der Waals surface area contributed by atoms with Crippen LogP contribution in [-0.4, -0.2) is 56.8 Å². The second kappa shape index (κ2) is 6.38. The fraction of sp³-hybridized carbons (Fsp3) is 0.909. The summed E-state index contributed by atoms with van der Waals surface area (Å²) in [6.07, 6.45) is -3.94. The molecule has 1 saturated heterocycles. The van der Waals surface area contributed by atoms with Crippen LogP contribution in [0.3, 0.4) is 0 Å². The van der Waals surface area contributed by atoms with Crippen LogP contribution in [0.4, 0.5) is 13.2 Å². The van der Waals surface area contributed by atoms with E-state index in [-0.39, 0.29) is 18.9 Å². The molecule has 0 spiro atoms. The molecule has 1 aliphatic rings. The van der Waals surface area contributed by atoms with Crippen molar-refractivity contribution in [1.82, 2.24) is 15.5 Å². The first kappa shape index (κ1) is 15.2. The Hall–Kier alpha value is -0.820. The Labute approximate surface area is 105 Å². The Balaban J connectivity index is 2.65. The van der Waals surface area contributed by atoms with Crippen LogP contribution in [0.15, 0.2) is 0 Å². The summed E-state index contributed by atoms with van der Waals surface area (Å²) >= 11 is 0. The summed E-state index contributed by atoms with van der Waals surface area (Å²) in [5.41, 5.74) is 0. The molecule has 0 aromatic rings. The monoisotopic (exact) mass is 267 g/mol. The van der Waals surface area contributed by atoms with E-state index in [9.17, 15) is 18.0 Å². The van der Waals surface area contributed by atoms with Gasteiger partial charge in [0.05, 0.1) is 12.5 Å². The number of rotatable bonds is 3. The zero-order valence-corrected chi connectivity index (χ0v) is 10.7. The predicted octanol–water partition coefficient (Wildman–Crippen LogP) is 0.595. The lowest BCUT2D eigenvalue weighted by Crippen LogP contribution is -2.48. The first-order valence-electron chi connectivity index (χ1n) is 6.02. The summed E-state index contributed by atoms with van der Waals surface area (Å²) < 4.78 is 38.7. The summed E-state index contributed by atoms with van der Waals surface area (Å²) in [7, 11) is 3.41. The third-order valence-electron chi connectivity index (χ3n) is 2.98. The Morgan fingerprint density at radius 1 is 1.33 bits per heavy atom. The largest absolute Gasteiger partial charge is 0.393 e. The summed E-state index contributed by atoms with van der Waals surface area (Å²) in [5, 5.41) is 5.44. The Morgan fingerprint density at radius 2 is 1.94 bits per heavy atom. The average Bonchev–Trinajstić information content (AvgIpc) is 2.40. The molecule has 2 unspecified atom stereocenters. The minimum Gasteiger partial charge on any atom is -0.352 e. The van der Waals surface area contributed by atoms with Crippen molar-refractivity contribution in [1.29, 1.82) is 0 Å². The molecule has 1 amide bonds. The third kappa shape index (κ3) is 4.81. The highest BCUT2D eigenvalue weighted by atomic mass is 19.4. The van der Waals surface area contributed by atoms with Crippen LogP contribution in [0.1, 0.15) is 12.8 Å². The first-order valence-corrected chi connectivity index (χ1v) is 6.02. The topological polar surface area (TPSA) is 44.4 Å². The molecule has 0 bridgehead atoms. The maximum absolute atomic E-state index is 12.9. The van der Waals surface area contributed by atoms with Gasteiger partial charge in [0.15, 0.2) is 0 Å². The number of alkyl halides is 3.